The summed E-state index contributed by atoms with van der Waals surface area (Å²) < 4.78 is 13.3. The minimum absolute atomic E-state index is 0.227. The fourth-order valence-electron chi connectivity index (χ4n) is 2.72. The van der Waals surface area contributed by atoms with Gasteiger partial charge in [0, 0.05) is 5.56 Å². The van der Waals surface area contributed by atoms with Crippen molar-refractivity contribution < 1.29 is 14.0 Å². The highest BCUT2D eigenvalue weighted by Gasteiger charge is 2.25. The molecule has 3 nitrogen and oxygen atoms in total. The van der Waals surface area contributed by atoms with Gasteiger partial charge in [-0.3, -0.25) is 9.63 Å². The van der Waals surface area contributed by atoms with Gasteiger partial charge in [0.25, 0.3) is 5.91 Å². The number of amides is 1. The Bertz CT molecular complexity index is 879. The summed E-state index contributed by atoms with van der Waals surface area (Å²) in [6, 6.07) is 23.9. The summed E-state index contributed by atoms with van der Waals surface area (Å²) in [5, 5.41) is 1.29. The number of halogens is 1. The molecule has 0 aliphatic heterocycles. The van der Waals surface area contributed by atoms with Crippen molar-refractivity contribution in [3.05, 3.63) is 120 Å². The third kappa shape index (κ3) is 4.68. The molecule has 4 heteroatoms. The van der Waals surface area contributed by atoms with E-state index in [2.05, 4.69) is 6.58 Å². The molecule has 27 heavy (non-hydrogen) atoms. The van der Waals surface area contributed by atoms with E-state index in [9.17, 15) is 9.18 Å². The van der Waals surface area contributed by atoms with Gasteiger partial charge in [0.05, 0.1) is 0 Å². The number of nitrogens with zero attached hydrogens (tertiary/aromatic N) is 1. The van der Waals surface area contributed by atoms with E-state index in [4.69, 9.17) is 4.84 Å². The molecule has 0 heterocycles. The molecule has 0 N–H and O–H groups in total. The lowest BCUT2D eigenvalue weighted by Crippen LogP contribution is -2.34. The quantitative estimate of drug-likeness (QED) is 0.421. The summed E-state index contributed by atoms with van der Waals surface area (Å²) in [4.78, 5) is 19.0. The monoisotopic (exact) mass is 361 g/mol. The topological polar surface area (TPSA) is 29.5 Å². The summed E-state index contributed by atoms with van der Waals surface area (Å²) in [5.41, 5.74) is 2.15. The Morgan fingerprint density at radius 1 is 0.963 bits per heavy atom. The zero-order valence-corrected chi connectivity index (χ0v) is 14.8. The average Bonchev–Trinajstić information content (AvgIpc) is 2.73. The number of hydroxylamine groups is 2. The van der Waals surface area contributed by atoms with Crippen molar-refractivity contribution in [3.8, 4) is 0 Å². The number of carbonyl (C=O) groups is 1. The summed E-state index contributed by atoms with van der Waals surface area (Å²) in [7, 11) is 0. The number of hydrogen-bond acceptors (Lipinski definition) is 2. The molecule has 0 unspecified atom stereocenters. The first-order valence-corrected chi connectivity index (χ1v) is 8.62. The fourth-order valence-corrected chi connectivity index (χ4v) is 2.72. The predicted molar refractivity (Wildman–Crippen MR) is 103 cm³/mol. The first-order chi connectivity index (χ1) is 13.2. The van der Waals surface area contributed by atoms with Crippen LogP contribution in [-0.2, 0) is 11.4 Å². The first-order valence-electron chi connectivity index (χ1n) is 8.62. The molecule has 1 atom stereocenters. The molecule has 0 spiro atoms. The molecule has 3 aromatic rings. The van der Waals surface area contributed by atoms with Gasteiger partial charge >= 0.3 is 0 Å². The van der Waals surface area contributed by atoms with Gasteiger partial charge in [0.2, 0.25) is 0 Å². The van der Waals surface area contributed by atoms with Crippen molar-refractivity contribution in [3.63, 3.8) is 0 Å². The van der Waals surface area contributed by atoms with Gasteiger partial charge in [-0.05, 0) is 35.4 Å². The van der Waals surface area contributed by atoms with Crippen LogP contribution in [0.15, 0.2) is 97.6 Å². The maximum atomic E-state index is 13.3. The molecule has 0 radical (unpaired) electrons. The summed E-state index contributed by atoms with van der Waals surface area (Å²) >= 11 is 0. The molecule has 3 rings (SSSR count). The molecule has 0 saturated carbocycles. The van der Waals surface area contributed by atoms with Crippen LogP contribution < -0.4 is 0 Å². The Kier molecular flexibility index (Phi) is 6.13. The maximum Gasteiger partial charge on any atom is 0.278 e. The first kappa shape index (κ1) is 18.5. The van der Waals surface area contributed by atoms with Gasteiger partial charge in [0.15, 0.2) is 0 Å². The Labute approximate surface area is 158 Å². The van der Waals surface area contributed by atoms with Crippen LogP contribution in [0.25, 0.3) is 0 Å². The van der Waals surface area contributed by atoms with Crippen LogP contribution in [0.1, 0.15) is 27.5 Å². The van der Waals surface area contributed by atoms with Crippen molar-refractivity contribution >= 4 is 5.91 Å². The summed E-state index contributed by atoms with van der Waals surface area (Å²) in [6.07, 6.45) is 1.61. The van der Waals surface area contributed by atoms with E-state index >= 15 is 0 Å². The average molecular weight is 361 g/mol. The van der Waals surface area contributed by atoms with Crippen LogP contribution in [-0.4, -0.2) is 11.0 Å². The van der Waals surface area contributed by atoms with Crippen molar-refractivity contribution in [1.82, 2.24) is 5.06 Å². The van der Waals surface area contributed by atoms with E-state index in [0.29, 0.717) is 11.1 Å². The smallest absolute Gasteiger partial charge is 0.267 e. The highest BCUT2D eigenvalue weighted by atomic mass is 19.1. The SMILES string of the molecule is C=C[C@@H](c1ccc(F)cc1)N(OCc1ccccc1)C(=O)c1ccccc1. The van der Waals surface area contributed by atoms with Crippen LogP contribution in [0.3, 0.4) is 0 Å². The highest BCUT2D eigenvalue weighted by Crippen LogP contribution is 2.25. The lowest BCUT2D eigenvalue weighted by Gasteiger charge is -2.29. The molecule has 0 aliphatic rings. The number of benzene rings is 3. The Hall–Kier alpha value is -3.24. The van der Waals surface area contributed by atoms with Crippen molar-refractivity contribution in [2.24, 2.45) is 0 Å². The molecule has 0 aliphatic carbocycles. The Morgan fingerprint density at radius 3 is 2.15 bits per heavy atom. The molecule has 1 amide bonds. The van der Waals surface area contributed by atoms with Gasteiger partial charge in [0.1, 0.15) is 18.5 Å². The molecule has 0 fully saturated rings. The van der Waals surface area contributed by atoms with Gasteiger partial charge in [-0.2, -0.15) is 0 Å². The van der Waals surface area contributed by atoms with Crippen LogP contribution in [0.5, 0.6) is 0 Å². The number of carbonyl (C=O) groups excluding carboxylic acids is 1. The molecule has 3 aromatic carbocycles. The van der Waals surface area contributed by atoms with E-state index in [1.54, 1.807) is 42.5 Å². The highest BCUT2D eigenvalue weighted by molar-refractivity contribution is 5.93. The standard InChI is InChI=1S/C23H20FNO2/c1-2-22(19-13-15-21(24)16-14-19)25(23(26)20-11-7-4-8-12-20)27-17-18-9-5-3-6-10-18/h2-16,22H,1,17H2/t22-/m0/s1. The predicted octanol–water partition coefficient (Wildman–Crippen LogP) is 5.33. The van der Waals surface area contributed by atoms with Crippen LogP contribution in [0, 0.1) is 5.82 Å². The second kappa shape index (κ2) is 8.92. The summed E-state index contributed by atoms with van der Waals surface area (Å²) in [5.74, 6) is -0.631. The fraction of sp³-hybridized carbons (Fsp3) is 0.0870. The van der Waals surface area contributed by atoms with Crippen LogP contribution >= 0.6 is 0 Å². The molecule has 0 aromatic heterocycles. The van der Waals surface area contributed by atoms with Gasteiger partial charge in [-0.15, -0.1) is 6.58 Å². The molecular weight excluding hydrogens is 341 g/mol. The second-order valence-electron chi connectivity index (χ2n) is 5.99. The van der Waals surface area contributed by atoms with Gasteiger partial charge in [-0.25, -0.2) is 9.45 Å². The summed E-state index contributed by atoms with van der Waals surface area (Å²) in [6.45, 7) is 4.07. The third-order valence-electron chi connectivity index (χ3n) is 4.12. The minimum Gasteiger partial charge on any atom is -0.267 e. The lowest BCUT2D eigenvalue weighted by molar-refractivity contribution is -0.150. The van der Waals surface area contributed by atoms with E-state index in [-0.39, 0.29) is 18.3 Å². The van der Waals surface area contributed by atoms with Crippen LogP contribution in [0.4, 0.5) is 4.39 Å². The molecule has 136 valence electrons. The zero-order chi connectivity index (χ0) is 19.1. The molecular formula is C23H20FNO2. The Morgan fingerprint density at radius 2 is 1.56 bits per heavy atom. The van der Waals surface area contributed by atoms with E-state index < -0.39 is 6.04 Å². The largest absolute Gasteiger partial charge is 0.278 e. The third-order valence-corrected chi connectivity index (χ3v) is 4.12. The van der Waals surface area contributed by atoms with E-state index in [1.807, 2.05) is 36.4 Å². The zero-order valence-electron chi connectivity index (χ0n) is 14.8. The van der Waals surface area contributed by atoms with E-state index in [0.717, 1.165) is 5.56 Å². The maximum absolute atomic E-state index is 13.3. The second-order valence-corrected chi connectivity index (χ2v) is 5.99. The number of hydrogen-bond donors (Lipinski definition) is 0. The van der Waals surface area contributed by atoms with Crippen molar-refractivity contribution in [2.75, 3.05) is 0 Å². The van der Waals surface area contributed by atoms with E-state index in [1.165, 1.54) is 17.2 Å². The van der Waals surface area contributed by atoms with Crippen molar-refractivity contribution in [2.45, 2.75) is 12.6 Å². The van der Waals surface area contributed by atoms with Crippen molar-refractivity contribution in [1.29, 1.82) is 0 Å². The molecule has 0 saturated heterocycles. The lowest BCUT2D eigenvalue weighted by atomic mass is 10.1. The minimum atomic E-state index is -0.554. The van der Waals surface area contributed by atoms with Gasteiger partial charge < -0.3 is 0 Å². The van der Waals surface area contributed by atoms with Gasteiger partial charge in [-0.1, -0.05) is 66.7 Å². The Balaban J connectivity index is 1.90. The van der Waals surface area contributed by atoms with Crippen LogP contribution in [0.2, 0.25) is 0 Å². The normalized spacial score (nSPS) is 11.6. The molecule has 0 bridgehead atoms. The number of rotatable bonds is 7.